The van der Waals surface area contributed by atoms with E-state index in [-0.39, 0.29) is 12.2 Å². The molecule has 0 unspecified atom stereocenters. The zero-order valence-electron chi connectivity index (χ0n) is 10.5. The van der Waals surface area contributed by atoms with Gasteiger partial charge in [0.2, 0.25) is 0 Å². The molecule has 0 aliphatic rings. The van der Waals surface area contributed by atoms with Crippen molar-refractivity contribution in [2.24, 2.45) is 0 Å². The fourth-order valence-corrected chi connectivity index (χ4v) is 1.76. The maximum absolute atomic E-state index is 13.7. The van der Waals surface area contributed by atoms with Crippen molar-refractivity contribution in [3.63, 3.8) is 0 Å². The summed E-state index contributed by atoms with van der Waals surface area (Å²) in [6.07, 6.45) is -0.438. The first-order valence-electron chi connectivity index (χ1n) is 5.92. The number of hydrogen-bond acceptors (Lipinski definition) is 2. The Morgan fingerprint density at radius 3 is 2.20 bits per heavy atom. The monoisotopic (exact) mass is 278 g/mol. The van der Waals surface area contributed by atoms with Gasteiger partial charge >= 0.3 is 5.97 Å². The number of halogens is 2. The summed E-state index contributed by atoms with van der Waals surface area (Å²) < 4.78 is 32.5. The van der Waals surface area contributed by atoms with Crippen molar-refractivity contribution in [2.75, 3.05) is 0 Å². The molecule has 0 bridgehead atoms. The molecule has 2 rings (SSSR count). The van der Waals surface area contributed by atoms with E-state index >= 15 is 0 Å². The van der Waals surface area contributed by atoms with Crippen molar-refractivity contribution in [2.45, 2.75) is 13.0 Å². The van der Waals surface area contributed by atoms with Gasteiger partial charge in [0.25, 0.3) is 0 Å². The van der Waals surface area contributed by atoms with E-state index in [4.69, 9.17) is 9.84 Å². The number of ether oxygens (including phenoxy) is 1. The minimum absolute atomic E-state index is 0.0347. The van der Waals surface area contributed by atoms with Crippen LogP contribution in [0.4, 0.5) is 8.78 Å². The number of carbonyl (C=O) groups is 1. The lowest BCUT2D eigenvalue weighted by atomic mass is 10.1. The van der Waals surface area contributed by atoms with Gasteiger partial charge in [-0.05, 0) is 23.3 Å². The zero-order valence-corrected chi connectivity index (χ0v) is 10.5. The summed E-state index contributed by atoms with van der Waals surface area (Å²) in [4.78, 5) is 10.5. The van der Waals surface area contributed by atoms with Crippen molar-refractivity contribution in [3.8, 4) is 5.75 Å². The van der Waals surface area contributed by atoms with Gasteiger partial charge in [0.05, 0.1) is 6.42 Å². The van der Waals surface area contributed by atoms with Gasteiger partial charge in [-0.1, -0.05) is 30.3 Å². The van der Waals surface area contributed by atoms with Crippen LogP contribution in [-0.2, 0) is 17.8 Å². The Morgan fingerprint density at radius 1 is 1.05 bits per heavy atom. The molecule has 0 heterocycles. The van der Waals surface area contributed by atoms with Gasteiger partial charge in [-0.3, -0.25) is 4.79 Å². The summed E-state index contributed by atoms with van der Waals surface area (Å²) in [6.45, 7) is 0.0347. The average molecular weight is 278 g/mol. The van der Waals surface area contributed by atoms with Crippen molar-refractivity contribution in [3.05, 3.63) is 65.2 Å². The predicted octanol–water partition coefficient (Wildman–Crippen LogP) is 3.17. The van der Waals surface area contributed by atoms with Crippen LogP contribution in [0.1, 0.15) is 11.1 Å². The molecule has 0 spiro atoms. The third-order valence-electron chi connectivity index (χ3n) is 2.64. The van der Waals surface area contributed by atoms with Gasteiger partial charge in [0.15, 0.2) is 17.4 Å². The fourth-order valence-electron chi connectivity index (χ4n) is 1.76. The van der Waals surface area contributed by atoms with E-state index in [0.717, 1.165) is 17.7 Å². The molecule has 3 nitrogen and oxygen atoms in total. The number of carboxylic acid groups (broad SMARTS) is 1. The molecule has 0 amide bonds. The Labute approximate surface area is 114 Å². The topological polar surface area (TPSA) is 46.5 Å². The Kier molecular flexibility index (Phi) is 4.30. The lowest BCUT2D eigenvalue weighted by Crippen LogP contribution is -2.04. The summed E-state index contributed by atoms with van der Waals surface area (Å²) in [5.41, 5.74) is 0.834. The third kappa shape index (κ3) is 3.54. The molecular formula is C15H12F2O3. The Hall–Kier alpha value is -2.43. The molecule has 0 atom stereocenters. The molecule has 20 heavy (non-hydrogen) atoms. The van der Waals surface area contributed by atoms with Crippen molar-refractivity contribution in [1.29, 1.82) is 0 Å². The average Bonchev–Trinajstić information content (AvgIpc) is 2.38. The highest BCUT2D eigenvalue weighted by Gasteiger charge is 2.14. The Balaban J connectivity index is 2.14. The molecule has 5 heteroatoms. The lowest BCUT2D eigenvalue weighted by molar-refractivity contribution is -0.136. The Bertz CT molecular complexity index is 589. The fraction of sp³-hybridized carbons (Fsp3) is 0.133. The second-order valence-electron chi connectivity index (χ2n) is 4.23. The summed E-state index contributed by atoms with van der Waals surface area (Å²) in [5, 5.41) is 8.59. The van der Waals surface area contributed by atoms with E-state index in [1.807, 2.05) is 6.07 Å². The maximum atomic E-state index is 13.7. The standard InChI is InChI=1S/C15H12F2O3/c16-12-6-11(8-14(18)19)7-13(17)15(12)20-9-10-4-2-1-3-5-10/h1-7H,8-9H2,(H,18,19). The number of aliphatic carboxylic acids is 1. The van der Waals surface area contributed by atoms with Crippen molar-refractivity contribution >= 4 is 5.97 Å². The van der Waals surface area contributed by atoms with Gasteiger partial charge in [0.1, 0.15) is 6.61 Å². The number of carboxylic acids is 1. The van der Waals surface area contributed by atoms with E-state index in [9.17, 15) is 13.6 Å². The van der Waals surface area contributed by atoms with E-state index in [0.29, 0.717) is 0 Å². The van der Waals surface area contributed by atoms with Crippen LogP contribution in [0.25, 0.3) is 0 Å². The van der Waals surface area contributed by atoms with E-state index in [2.05, 4.69) is 0 Å². The number of rotatable bonds is 5. The summed E-state index contributed by atoms with van der Waals surface area (Å²) in [7, 11) is 0. The second kappa shape index (κ2) is 6.14. The third-order valence-corrected chi connectivity index (χ3v) is 2.64. The van der Waals surface area contributed by atoms with Crippen LogP contribution in [0.15, 0.2) is 42.5 Å². The van der Waals surface area contributed by atoms with Gasteiger partial charge in [0, 0.05) is 0 Å². The summed E-state index contributed by atoms with van der Waals surface area (Å²) >= 11 is 0. The lowest BCUT2D eigenvalue weighted by Gasteiger charge is -2.09. The van der Waals surface area contributed by atoms with Crippen LogP contribution in [0.5, 0.6) is 5.75 Å². The van der Waals surface area contributed by atoms with Gasteiger partial charge in [-0.2, -0.15) is 0 Å². The van der Waals surface area contributed by atoms with E-state index < -0.39 is 29.8 Å². The van der Waals surface area contributed by atoms with Gasteiger partial charge < -0.3 is 9.84 Å². The molecule has 2 aromatic carbocycles. The zero-order chi connectivity index (χ0) is 14.5. The molecule has 1 N–H and O–H groups in total. The van der Waals surface area contributed by atoms with Crippen LogP contribution >= 0.6 is 0 Å². The molecular weight excluding hydrogens is 266 g/mol. The highest BCUT2D eigenvalue weighted by atomic mass is 19.1. The molecule has 0 saturated carbocycles. The van der Waals surface area contributed by atoms with Crippen molar-refractivity contribution < 1.29 is 23.4 Å². The molecule has 2 aromatic rings. The van der Waals surface area contributed by atoms with Crippen LogP contribution in [0.2, 0.25) is 0 Å². The normalized spacial score (nSPS) is 10.3. The molecule has 0 saturated heterocycles. The van der Waals surface area contributed by atoms with E-state index in [1.165, 1.54) is 0 Å². The first-order valence-corrected chi connectivity index (χ1v) is 5.92. The van der Waals surface area contributed by atoms with Gasteiger partial charge in [-0.15, -0.1) is 0 Å². The minimum Gasteiger partial charge on any atom is -0.483 e. The smallest absolute Gasteiger partial charge is 0.307 e. The Morgan fingerprint density at radius 2 is 1.65 bits per heavy atom. The molecule has 0 aromatic heterocycles. The molecule has 0 aliphatic heterocycles. The minimum atomic E-state index is -1.15. The first-order chi connectivity index (χ1) is 9.56. The first kappa shape index (κ1) is 14.0. The van der Waals surface area contributed by atoms with Crippen LogP contribution in [0, 0.1) is 11.6 Å². The SMILES string of the molecule is O=C(O)Cc1cc(F)c(OCc2ccccc2)c(F)c1. The quantitative estimate of drug-likeness (QED) is 0.913. The highest BCUT2D eigenvalue weighted by molar-refractivity contribution is 5.70. The summed E-state index contributed by atoms with van der Waals surface area (Å²) in [5.74, 6) is -3.46. The highest BCUT2D eigenvalue weighted by Crippen LogP contribution is 2.24. The molecule has 0 radical (unpaired) electrons. The maximum Gasteiger partial charge on any atom is 0.307 e. The molecule has 0 fully saturated rings. The van der Waals surface area contributed by atoms with Gasteiger partial charge in [-0.25, -0.2) is 8.78 Å². The predicted molar refractivity (Wildman–Crippen MR) is 68.5 cm³/mol. The van der Waals surface area contributed by atoms with Crippen LogP contribution < -0.4 is 4.74 Å². The molecule has 104 valence electrons. The van der Waals surface area contributed by atoms with Crippen molar-refractivity contribution in [1.82, 2.24) is 0 Å². The van der Waals surface area contributed by atoms with E-state index in [1.54, 1.807) is 24.3 Å². The number of benzene rings is 2. The van der Waals surface area contributed by atoms with Crippen LogP contribution in [-0.4, -0.2) is 11.1 Å². The largest absolute Gasteiger partial charge is 0.483 e. The molecule has 0 aliphatic carbocycles. The summed E-state index contributed by atoms with van der Waals surface area (Å²) in [6, 6.07) is 10.9. The number of hydrogen-bond donors (Lipinski definition) is 1. The van der Waals surface area contributed by atoms with Crippen LogP contribution in [0.3, 0.4) is 0 Å². The second-order valence-corrected chi connectivity index (χ2v) is 4.23.